The lowest BCUT2D eigenvalue weighted by Gasteiger charge is -2.35. The minimum absolute atomic E-state index is 0.00551. The van der Waals surface area contributed by atoms with E-state index in [4.69, 9.17) is 0 Å². The lowest BCUT2D eigenvalue weighted by Crippen LogP contribution is -2.37. The average molecular weight is 138 g/mol. The highest BCUT2D eigenvalue weighted by atomic mass is 16.3. The van der Waals surface area contributed by atoms with Gasteiger partial charge < -0.3 is 5.11 Å². The van der Waals surface area contributed by atoms with Crippen molar-refractivity contribution < 1.29 is 5.11 Å². The van der Waals surface area contributed by atoms with Gasteiger partial charge in [-0.3, -0.25) is 0 Å². The van der Waals surface area contributed by atoms with Crippen LogP contribution in [-0.4, -0.2) is 11.2 Å². The van der Waals surface area contributed by atoms with Crippen molar-refractivity contribution in [2.75, 3.05) is 0 Å². The fourth-order valence-electron chi connectivity index (χ4n) is 2.15. The highest BCUT2D eigenvalue weighted by Gasteiger charge is 2.41. The third-order valence-electron chi connectivity index (χ3n) is 2.94. The van der Waals surface area contributed by atoms with Gasteiger partial charge in [0.05, 0.1) is 6.10 Å². The van der Waals surface area contributed by atoms with Crippen molar-refractivity contribution in [3.8, 4) is 0 Å². The molecule has 10 heavy (non-hydrogen) atoms. The Labute approximate surface area is 61.8 Å². The van der Waals surface area contributed by atoms with E-state index in [0.717, 1.165) is 12.3 Å². The monoisotopic (exact) mass is 138 g/mol. The SMILES string of the molecule is CCC1=C[C@@H]2C(O)C[C@@H]2C1. The van der Waals surface area contributed by atoms with Crippen molar-refractivity contribution in [3.05, 3.63) is 11.6 Å². The highest BCUT2D eigenvalue weighted by Crippen LogP contribution is 2.46. The number of hydrogen-bond acceptors (Lipinski definition) is 1. The van der Waals surface area contributed by atoms with E-state index in [1.807, 2.05) is 0 Å². The number of fused-ring (bicyclic) bond motifs is 1. The molecule has 1 unspecified atom stereocenters. The van der Waals surface area contributed by atoms with E-state index in [-0.39, 0.29) is 6.10 Å². The Bertz CT molecular complexity index is 172. The molecule has 0 aromatic rings. The third kappa shape index (κ3) is 0.734. The molecule has 0 aromatic heterocycles. The second-order valence-corrected chi connectivity index (χ2v) is 3.52. The van der Waals surface area contributed by atoms with Crippen molar-refractivity contribution in [3.63, 3.8) is 0 Å². The van der Waals surface area contributed by atoms with Crippen molar-refractivity contribution in [1.29, 1.82) is 0 Å². The van der Waals surface area contributed by atoms with Gasteiger partial charge in [-0.1, -0.05) is 18.6 Å². The summed E-state index contributed by atoms with van der Waals surface area (Å²) in [6.07, 6.45) is 5.77. The van der Waals surface area contributed by atoms with Gasteiger partial charge in [0.2, 0.25) is 0 Å². The molecule has 2 aliphatic carbocycles. The lowest BCUT2D eigenvalue weighted by molar-refractivity contribution is 0.00224. The lowest BCUT2D eigenvalue weighted by atomic mass is 9.73. The molecular weight excluding hydrogens is 124 g/mol. The van der Waals surface area contributed by atoms with E-state index < -0.39 is 0 Å². The van der Waals surface area contributed by atoms with Gasteiger partial charge in [0.1, 0.15) is 0 Å². The zero-order chi connectivity index (χ0) is 7.14. The van der Waals surface area contributed by atoms with Gasteiger partial charge in [0.25, 0.3) is 0 Å². The minimum Gasteiger partial charge on any atom is -0.392 e. The van der Waals surface area contributed by atoms with Gasteiger partial charge in [-0.05, 0) is 25.2 Å². The topological polar surface area (TPSA) is 20.2 Å². The van der Waals surface area contributed by atoms with E-state index in [0.29, 0.717) is 5.92 Å². The molecule has 0 bridgehead atoms. The Morgan fingerprint density at radius 3 is 3.00 bits per heavy atom. The van der Waals surface area contributed by atoms with Gasteiger partial charge in [-0.25, -0.2) is 0 Å². The Balaban J connectivity index is 2.05. The predicted octanol–water partition coefficient (Wildman–Crippen LogP) is 1.72. The quantitative estimate of drug-likeness (QED) is 0.547. The number of rotatable bonds is 1. The van der Waals surface area contributed by atoms with Crippen molar-refractivity contribution in [2.45, 2.75) is 32.3 Å². The van der Waals surface area contributed by atoms with Crippen molar-refractivity contribution in [1.82, 2.24) is 0 Å². The van der Waals surface area contributed by atoms with Gasteiger partial charge >= 0.3 is 0 Å². The summed E-state index contributed by atoms with van der Waals surface area (Å²) in [4.78, 5) is 0. The van der Waals surface area contributed by atoms with Gasteiger partial charge in [-0.2, -0.15) is 0 Å². The van der Waals surface area contributed by atoms with Crippen LogP contribution in [0.15, 0.2) is 11.6 Å². The molecule has 0 spiro atoms. The number of hydrogen-bond donors (Lipinski definition) is 1. The molecule has 1 nitrogen and oxygen atoms in total. The van der Waals surface area contributed by atoms with Crippen LogP contribution in [0, 0.1) is 11.8 Å². The zero-order valence-corrected chi connectivity index (χ0v) is 6.38. The molecule has 1 heteroatoms. The van der Waals surface area contributed by atoms with E-state index in [9.17, 15) is 5.11 Å². The molecule has 2 aliphatic rings. The molecule has 1 fully saturated rings. The van der Waals surface area contributed by atoms with Crippen LogP contribution in [-0.2, 0) is 0 Å². The van der Waals surface area contributed by atoms with Crippen LogP contribution in [0.2, 0.25) is 0 Å². The van der Waals surface area contributed by atoms with Gasteiger partial charge in [0.15, 0.2) is 0 Å². The Kier molecular flexibility index (Phi) is 1.34. The van der Waals surface area contributed by atoms with Crippen LogP contribution >= 0.6 is 0 Å². The third-order valence-corrected chi connectivity index (χ3v) is 2.94. The Morgan fingerprint density at radius 1 is 1.70 bits per heavy atom. The van der Waals surface area contributed by atoms with E-state index in [1.54, 1.807) is 5.57 Å². The first-order valence-corrected chi connectivity index (χ1v) is 4.19. The van der Waals surface area contributed by atoms with Crippen LogP contribution < -0.4 is 0 Å². The number of aliphatic hydroxyl groups is 1. The predicted molar refractivity (Wildman–Crippen MR) is 40.6 cm³/mol. The van der Waals surface area contributed by atoms with E-state index in [1.165, 1.54) is 12.8 Å². The maximum atomic E-state index is 9.29. The summed E-state index contributed by atoms with van der Waals surface area (Å²) < 4.78 is 0. The molecule has 0 aromatic carbocycles. The Morgan fingerprint density at radius 2 is 2.50 bits per heavy atom. The molecule has 2 rings (SSSR count). The number of allylic oxidation sites excluding steroid dienone is 1. The largest absolute Gasteiger partial charge is 0.392 e. The summed E-state index contributed by atoms with van der Waals surface area (Å²) in [6, 6.07) is 0. The molecule has 3 atom stereocenters. The van der Waals surface area contributed by atoms with Gasteiger partial charge in [0, 0.05) is 5.92 Å². The smallest absolute Gasteiger partial charge is 0.0608 e. The molecule has 1 saturated carbocycles. The summed E-state index contributed by atoms with van der Waals surface area (Å²) in [5, 5.41) is 9.29. The zero-order valence-electron chi connectivity index (χ0n) is 6.38. The molecule has 0 radical (unpaired) electrons. The maximum absolute atomic E-state index is 9.29. The molecule has 56 valence electrons. The summed E-state index contributed by atoms with van der Waals surface area (Å²) in [7, 11) is 0. The van der Waals surface area contributed by atoms with E-state index in [2.05, 4.69) is 13.0 Å². The molecule has 0 heterocycles. The first kappa shape index (κ1) is 6.41. The Hall–Kier alpha value is -0.300. The fraction of sp³-hybridized carbons (Fsp3) is 0.778. The van der Waals surface area contributed by atoms with E-state index >= 15 is 0 Å². The van der Waals surface area contributed by atoms with Crippen molar-refractivity contribution in [2.24, 2.45) is 11.8 Å². The summed E-state index contributed by atoms with van der Waals surface area (Å²) in [5.41, 5.74) is 1.56. The molecule has 0 amide bonds. The molecule has 1 N–H and O–H groups in total. The normalized spacial score (nSPS) is 44.2. The average Bonchev–Trinajstić information content (AvgIpc) is 2.26. The minimum atomic E-state index is -0.00551. The van der Waals surface area contributed by atoms with Crippen molar-refractivity contribution >= 4 is 0 Å². The summed E-state index contributed by atoms with van der Waals surface area (Å²) >= 11 is 0. The van der Waals surface area contributed by atoms with Crippen LogP contribution in [0.5, 0.6) is 0 Å². The standard InChI is InChI=1S/C9H14O/c1-2-6-3-7-5-9(10)8(7)4-6/h4,7-10H,2-3,5H2,1H3/t7-,8-,9?/m0/s1. The van der Waals surface area contributed by atoms with Crippen LogP contribution in [0.3, 0.4) is 0 Å². The van der Waals surface area contributed by atoms with Crippen LogP contribution in [0.1, 0.15) is 26.2 Å². The molecule has 0 aliphatic heterocycles. The van der Waals surface area contributed by atoms with Gasteiger partial charge in [-0.15, -0.1) is 0 Å². The highest BCUT2D eigenvalue weighted by molar-refractivity contribution is 5.19. The number of aliphatic hydroxyl groups excluding tert-OH is 1. The fourth-order valence-corrected chi connectivity index (χ4v) is 2.15. The maximum Gasteiger partial charge on any atom is 0.0608 e. The van der Waals surface area contributed by atoms with Crippen LogP contribution in [0.25, 0.3) is 0 Å². The first-order chi connectivity index (χ1) is 4.81. The summed E-state index contributed by atoms with van der Waals surface area (Å²) in [6.45, 7) is 2.20. The molecule has 0 saturated heterocycles. The first-order valence-electron chi connectivity index (χ1n) is 4.19. The van der Waals surface area contributed by atoms with Crippen LogP contribution in [0.4, 0.5) is 0 Å². The second kappa shape index (κ2) is 2.09. The summed E-state index contributed by atoms with van der Waals surface area (Å²) in [5.74, 6) is 1.35. The second-order valence-electron chi connectivity index (χ2n) is 3.52. The molecular formula is C9H14O.